The summed E-state index contributed by atoms with van der Waals surface area (Å²) >= 11 is 0. The number of aryl methyl sites for hydroxylation is 1. The summed E-state index contributed by atoms with van der Waals surface area (Å²) in [7, 11) is -3.72. The summed E-state index contributed by atoms with van der Waals surface area (Å²) in [4.78, 5) is 28.5. The van der Waals surface area contributed by atoms with Gasteiger partial charge in [-0.2, -0.15) is 4.98 Å². The molecule has 2 aliphatic heterocycles. The van der Waals surface area contributed by atoms with Gasteiger partial charge in [-0.25, -0.2) is 18.4 Å². The molecule has 4 heterocycles. The molecule has 0 aliphatic carbocycles. The number of fused-ring (bicyclic) bond motifs is 6. The zero-order valence-electron chi connectivity index (χ0n) is 19.2. The van der Waals surface area contributed by atoms with E-state index in [0.717, 1.165) is 57.4 Å². The molecule has 0 radical (unpaired) electrons. The monoisotopic (exact) mass is 489 g/mol. The third-order valence-electron chi connectivity index (χ3n) is 5.99. The lowest BCUT2D eigenvalue weighted by Crippen LogP contribution is -2.37. The van der Waals surface area contributed by atoms with Gasteiger partial charge >= 0.3 is 0 Å². The number of sulfonamides is 1. The minimum Gasteiger partial charge on any atom is -0.395 e. The molecule has 4 bridgehead atoms. The Bertz CT molecular complexity index is 1140. The number of nitrogens with zero attached hydrogens (tertiary/aromatic N) is 4. The second-order valence-electron chi connectivity index (χ2n) is 8.79. The van der Waals surface area contributed by atoms with Crippen molar-refractivity contribution in [3.8, 4) is 0 Å². The van der Waals surface area contributed by atoms with E-state index < -0.39 is 28.3 Å². The molecule has 0 aromatic carbocycles. The van der Waals surface area contributed by atoms with Crippen LogP contribution in [0.5, 0.6) is 0 Å². The van der Waals surface area contributed by atoms with E-state index in [1.54, 1.807) is 12.1 Å². The van der Waals surface area contributed by atoms with Crippen LogP contribution >= 0.6 is 0 Å². The van der Waals surface area contributed by atoms with Crippen LogP contribution in [0.15, 0.2) is 18.3 Å². The van der Waals surface area contributed by atoms with Crippen LogP contribution in [0.4, 0.5) is 23.1 Å². The highest BCUT2D eigenvalue weighted by Gasteiger charge is 2.26. The SMILES string of the molecule is Cc1cc2nc(n1)NCCCC[C@@H]1CCCN(C1)c1cc(NS(=O)(=O)CCO)cnc1C(=O)N2. The van der Waals surface area contributed by atoms with E-state index in [9.17, 15) is 13.2 Å². The summed E-state index contributed by atoms with van der Waals surface area (Å²) in [5, 5.41) is 15.1. The highest BCUT2D eigenvalue weighted by molar-refractivity contribution is 7.92. The van der Waals surface area contributed by atoms with Gasteiger partial charge in [0.1, 0.15) is 5.82 Å². The van der Waals surface area contributed by atoms with Crippen LogP contribution in [0.3, 0.4) is 0 Å². The first-order chi connectivity index (χ1) is 16.3. The Morgan fingerprint density at radius 1 is 1.21 bits per heavy atom. The van der Waals surface area contributed by atoms with E-state index in [0.29, 0.717) is 23.4 Å². The predicted molar refractivity (Wildman–Crippen MR) is 131 cm³/mol. The number of pyridine rings is 1. The first kappa shape index (κ1) is 24.1. The molecule has 0 saturated carbocycles. The summed E-state index contributed by atoms with van der Waals surface area (Å²) in [5.74, 6) is 0.464. The summed E-state index contributed by atoms with van der Waals surface area (Å²) < 4.78 is 26.8. The Morgan fingerprint density at radius 3 is 2.85 bits per heavy atom. The third-order valence-corrected chi connectivity index (χ3v) is 7.26. The summed E-state index contributed by atoms with van der Waals surface area (Å²) in [5.41, 5.74) is 1.75. The van der Waals surface area contributed by atoms with Crippen LogP contribution in [0.2, 0.25) is 0 Å². The van der Waals surface area contributed by atoms with Crippen molar-refractivity contribution in [2.24, 2.45) is 5.92 Å². The molecule has 2 aromatic heterocycles. The Morgan fingerprint density at radius 2 is 2.03 bits per heavy atom. The molecule has 0 unspecified atom stereocenters. The number of aliphatic hydroxyl groups excluding tert-OH is 1. The van der Waals surface area contributed by atoms with Crippen LogP contribution < -0.4 is 20.3 Å². The molecular weight excluding hydrogens is 458 g/mol. The largest absolute Gasteiger partial charge is 0.395 e. The summed E-state index contributed by atoms with van der Waals surface area (Å²) in [6.07, 6.45) is 6.54. The molecule has 11 nitrogen and oxygen atoms in total. The van der Waals surface area contributed by atoms with Gasteiger partial charge in [0, 0.05) is 31.4 Å². The fourth-order valence-corrected chi connectivity index (χ4v) is 5.25. The van der Waals surface area contributed by atoms with E-state index in [1.165, 1.54) is 6.20 Å². The number of nitrogens with one attached hydrogen (secondary N) is 3. The van der Waals surface area contributed by atoms with Crippen molar-refractivity contribution in [2.45, 2.75) is 39.0 Å². The van der Waals surface area contributed by atoms with E-state index in [1.807, 2.05) is 6.92 Å². The zero-order valence-corrected chi connectivity index (χ0v) is 20.1. The average molecular weight is 490 g/mol. The second-order valence-corrected chi connectivity index (χ2v) is 10.6. The van der Waals surface area contributed by atoms with Crippen LogP contribution in [-0.4, -0.2) is 66.4 Å². The van der Waals surface area contributed by atoms with Gasteiger partial charge in [-0.3, -0.25) is 9.52 Å². The van der Waals surface area contributed by atoms with Gasteiger partial charge < -0.3 is 20.6 Å². The van der Waals surface area contributed by atoms with Gasteiger partial charge in [-0.1, -0.05) is 6.42 Å². The minimum absolute atomic E-state index is 0.200. The Hall–Kier alpha value is -2.99. The molecular formula is C22H31N7O4S. The highest BCUT2D eigenvalue weighted by atomic mass is 32.2. The van der Waals surface area contributed by atoms with Crippen molar-refractivity contribution >= 4 is 39.1 Å². The predicted octanol–water partition coefficient (Wildman–Crippen LogP) is 1.98. The normalized spacial score (nSPS) is 19.2. The number of carbonyl (C=O) groups is 1. The number of amides is 1. The molecule has 2 aliphatic rings. The zero-order chi connectivity index (χ0) is 24.1. The molecule has 4 N–H and O–H groups in total. The molecule has 1 atom stereocenters. The van der Waals surface area contributed by atoms with Gasteiger partial charge in [-0.15, -0.1) is 0 Å². The van der Waals surface area contributed by atoms with E-state index in [-0.39, 0.29) is 11.4 Å². The van der Waals surface area contributed by atoms with Crippen LogP contribution in [0.25, 0.3) is 0 Å². The highest BCUT2D eigenvalue weighted by Crippen LogP contribution is 2.31. The van der Waals surface area contributed by atoms with Crippen molar-refractivity contribution in [3.05, 3.63) is 29.7 Å². The Labute approximate surface area is 199 Å². The lowest BCUT2D eigenvalue weighted by atomic mass is 9.92. The molecule has 34 heavy (non-hydrogen) atoms. The standard InChI is InChI=1S/C22H31N7O4S/c1-15-11-19-26-21(31)20-18(12-17(13-24-20)28-34(32,33)10-9-30)29-8-4-6-16(14-29)5-2-3-7-23-22(25-15)27-19/h11-13,16,28,30H,2-10,14H2,1H3,(H2,23,25,26,27,31)/t16-/m1/s1. The van der Waals surface area contributed by atoms with Gasteiger partial charge in [-0.05, 0) is 44.6 Å². The van der Waals surface area contributed by atoms with Crippen LogP contribution in [-0.2, 0) is 10.0 Å². The first-order valence-electron chi connectivity index (χ1n) is 11.6. The lowest BCUT2D eigenvalue weighted by Gasteiger charge is -2.35. The van der Waals surface area contributed by atoms with E-state index in [4.69, 9.17) is 5.11 Å². The molecule has 1 saturated heterocycles. The van der Waals surface area contributed by atoms with Crippen molar-refractivity contribution in [1.82, 2.24) is 15.0 Å². The second kappa shape index (κ2) is 10.5. The third kappa shape index (κ3) is 6.11. The van der Waals surface area contributed by atoms with Crippen LogP contribution in [0, 0.1) is 12.8 Å². The maximum atomic E-state index is 13.3. The number of rotatable bonds is 4. The van der Waals surface area contributed by atoms with Crippen molar-refractivity contribution in [2.75, 3.05) is 52.2 Å². The van der Waals surface area contributed by atoms with Gasteiger partial charge in [0.05, 0.1) is 29.9 Å². The fraction of sp³-hybridized carbons (Fsp3) is 0.545. The quantitative estimate of drug-likeness (QED) is 0.505. The number of anilines is 4. The van der Waals surface area contributed by atoms with E-state index in [2.05, 4.69) is 35.2 Å². The minimum atomic E-state index is -3.72. The van der Waals surface area contributed by atoms with Crippen molar-refractivity contribution in [3.63, 3.8) is 0 Å². The number of hydrogen-bond acceptors (Lipinski definition) is 9. The fourth-order valence-electron chi connectivity index (χ4n) is 4.44. The molecule has 0 spiro atoms. The molecule has 4 rings (SSSR count). The number of piperidine rings is 1. The summed E-state index contributed by atoms with van der Waals surface area (Å²) in [6, 6.07) is 3.34. The molecule has 1 amide bonds. The molecule has 1 fully saturated rings. The lowest BCUT2D eigenvalue weighted by molar-refractivity contribution is 0.102. The van der Waals surface area contributed by atoms with Gasteiger partial charge in [0.2, 0.25) is 16.0 Å². The Kier molecular flexibility index (Phi) is 7.47. The van der Waals surface area contributed by atoms with Crippen LogP contribution in [0.1, 0.15) is 48.3 Å². The van der Waals surface area contributed by atoms with Gasteiger partial charge in [0.25, 0.3) is 5.91 Å². The number of hydrogen-bond donors (Lipinski definition) is 4. The molecule has 12 heteroatoms. The van der Waals surface area contributed by atoms with E-state index >= 15 is 0 Å². The number of aliphatic hydroxyl groups is 1. The maximum absolute atomic E-state index is 13.3. The molecule has 184 valence electrons. The maximum Gasteiger partial charge on any atom is 0.277 e. The van der Waals surface area contributed by atoms with Crippen molar-refractivity contribution < 1.29 is 18.3 Å². The van der Waals surface area contributed by atoms with Gasteiger partial charge in [0.15, 0.2) is 5.69 Å². The number of carbonyl (C=O) groups excluding carboxylic acids is 1. The number of aromatic nitrogens is 3. The average Bonchev–Trinajstić information content (AvgIpc) is 2.78. The van der Waals surface area contributed by atoms with Crippen molar-refractivity contribution in [1.29, 1.82) is 0 Å². The molecule has 2 aromatic rings. The topological polar surface area (TPSA) is 149 Å². The first-order valence-corrected chi connectivity index (χ1v) is 13.3. The summed E-state index contributed by atoms with van der Waals surface area (Å²) in [6.45, 7) is 3.63. The smallest absolute Gasteiger partial charge is 0.277 e. The Balaban J connectivity index is 1.71.